The Bertz CT molecular complexity index is 898. The van der Waals surface area contributed by atoms with Gasteiger partial charge in [0.25, 0.3) is 5.91 Å². The second-order valence-electron chi connectivity index (χ2n) is 6.53. The van der Waals surface area contributed by atoms with Gasteiger partial charge in [0.05, 0.1) is 24.8 Å². The third-order valence-corrected chi connectivity index (χ3v) is 5.48. The van der Waals surface area contributed by atoms with Gasteiger partial charge in [-0.25, -0.2) is 9.97 Å². The first-order valence-electron chi connectivity index (χ1n) is 9.79. The van der Waals surface area contributed by atoms with E-state index >= 15 is 0 Å². The molecule has 2 rings (SSSR count). The molecule has 1 heterocycles. The number of hydrogen-bond acceptors (Lipinski definition) is 7. The summed E-state index contributed by atoms with van der Waals surface area (Å²) in [6.45, 7) is 2.13. The first-order valence-corrected chi connectivity index (χ1v) is 11.2. The number of aromatic nitrogens is 2. The molecule has 0 spiro atoms. The van der Waals surface area contributed by atoms with E-state index < -0.39 is 23.8 Å². The van der Waals surface area contributed by atoms with Crippen LogP contribution in [0.5, 0.6) is 0 Å². The number of benzene rings is 1. The molecule has 2 aromatic rings. The zero-order valence-electron chi connectivity index (χ0n) is 17.4. The predicted molar refractivity (Wildman–Crippen MR) is 119 cm³/mol. The van der Waals surface area contributed by atoms with Crippen LogP contribution in [0.4, 0.5) is 0 Å². The average Bonchev–Trinajstić information content (AvgIpc) is 2.78. The van der Waals surface area contributed by atoms with E-state index in [1.165, 1.54) is 25.1 Å². The number of carbonyl (C=O) groups excluding carboxylic acids is 3. The Kier molecular flexibility index (Phi) is 10.3. The van der Waals surface area contributed by atoms with Crippen molar-refractivity contribution >= 4 is 41.1 Å². The molecule has 0 saturated heterocycles. The maximum Gasteiger partial charge on any atom is 0.307 e. The number of hydrogen-bond donors (Lipinski definition) is 2. The normalized spacial score (nSPS) is 11.5. The standard InChI is InChI=1S/C21H25ClN4O4S/c1-3-11-31-21-24-13-15(22)18(26-21)20(29)25-16(12-14-7-5-4-6-8-14)19(28)23-10-9-17(27)30-2/h4-8,13,16H,3,9-12H2,1-2H3,(H,23,28)(H,25,29). The third-order valence-electron chi connectivity index (χ3n) is 4.13. The first kappa shape index (κ1) is 24.6. The smallest absolute Gasteiger partial charge is 0.307 e. The molecule has 31 heavy (non-hydrogen) atoms. The predicted octanol–water partition coefficient (Wildman–Crippen LogP) is 2.65. The highest BCUT2D eigenvalue weighted by atomic mass is 35.5. The van der Waals surface area contributed by atoms with E-state index in [2.05, 4.69) is 25.3 Å². The number of amides is 2. The molecule has 0 radical (unpaired) electrons. The molecule has 10 heteroatoms. The number of carbonyl (C=O) groups is 3. The fourth-order valence-electron chi connectivity index (χ4n) is 2.57. The summed E-state index contributed by atoms with van der Waals surface area (Å²) in [6.07, 6.45) is 2.61. The van der Waals surface area contributed by atoms with Crippen molar-refractivity contribution in [1.29, 1.82) is 0 Å². The van der Waals surface area contributed by atoms with E-state index in [1.807, 2.05) is 37.3 Å². The molecule has 8 nitrogen and oxygen atoms in total. The molecule has 166 valence electrons. The van der Waals surface area contributed by atoms with Crippen molar-refractivity contribution in [2.24, 2.45) is 0 Å². The third kappa shape index (κ3) is 8.18. The molecule has 1 atom stereocenters. The number of methoxy groups -OCH3 is 1. The Labute approximate surface area is 190 Å². The van der Waals surface area contributed by atoms with Crippen LogP contribution in [0.15, 0.2) is 41.7 Å². The lowest BCUT2D eigenvalue weighted by atomic mass is 10.0. The fraction of sp³-hybridized carbons (Fsp3) is 0.381. The van der Waals surface area contributed by atoms with Gasteiger partial charge < -0.3 is 15.4 Å². The molecule has 0 saturated carbocycles. The van der Waals surface area contributed by atoms with Gasteiger partial charge in [-0.1, -0.05) is 60.6 Å². The van der Waals surface area contributed by atoms with Crippen LogP contribution in [0.25, 0.3) is 0 Å². The van der Waals surface area contributed by atoms with Crippen LogP contribution < -0.4 is 10.6 Å². The van der Waals surface area contributed by atoms with Crippen molar-refractivity contribution in [2.45, 2.75) is 37.4 Å². The molecule has 2 amide bonds. The topological polar surface area (TPSA) is 110 Å². The zero-order valence-corrected chi connectivity index (χ0v) is 19.0. The lowest BCUT2D eigenvalue weighted by Crippen LogP contribution is -2.48. The SMILES string of the molecule is CCCSc1ncc(Cl)c(C(=O)NC(Cc2ccccc2)C(=O)NCCC(=O)OC)n1. The molecule has 0 aliphatic carbocycles. The maximum absolute atomic E-state index is 12.9. The molecule has 0 bridgehead atoms. The van der Waals surface area contributed by atoms with Gasteiger partial charge in [0.1, 0.15) is 6.04 Å². The van der Waals surface area contributed by atoms with Crippen molar-refractivity contribution in [2.75, 3.05) is 19.4 Å². The summed E-state index contributed by atoms with van der Waals surface area (Å²) in [7, 11) is 1.28. The Hall–Kier alpha value is -2.65. The van der Waals surface area contributed by atoms with Crippen molar-refractivity contribution in [3.05, 3.63) is 52.8 Å². The molecule has 0 aliphatic heterocycles. The molecule has 0 aliphatic rings. The van der Waals surface area contributed by atoms with Crippen LogP contribution in [0, 0.1) is 0 Å². The minimum Gasteiger partial charge on any atom is -0.469 e. The monoisotopic (exact) mass is 464 g/mol. The molecule has 2 N–H and O–H groups in total. The number of ether oxygens (including phenoxy) is 1. The second-order valence-corrected chi connectivity index (χ2v) is 8.00. The van der Waals surface area contributed by atoms with Crippen LogP contribution >= 0.6 is 23.4 Å². The van der Waals surface area contributed by atoms with E-state index in [0.717, 1.165) is 17.7 Å². The Morgan fingerprint density at radius 3 is 2.65 bits per heavy atom. The summed E-state index contributed by atoms with van der Waals surface area (Å²) in [5.74, 6) is -0.627. The summed E-state index contributed by atoms with van der Waals surface area (Å²) >= 11 is 7.56. The largest absolute Gasteiger partial charge is 0.469 e. The van der Waals surface area contributed by atoms with Crippen molar-refractivity contribution in [3.63, 3.8) is 0 Å². The van der Waals surface area contributed by atoms with Crippen molar-refractivity contribution in [3.8, 4) is 0 Å². The first-order chi connectivity index (χ1) is 14.9. The summed E-state index contributed by atoms with van der Waals surface area (Å²) in [5, 5.41) is 5.90. The Balaban J connectivity index is 2.14. The van der Waals surface area contributed by atoms with E-state index in [-0.39, 0.29) is 30.1 Å². The Morgan fingerprint density at radius 2 is 1.97 bits per heavy atom. The minimum absolute atomic E-state index is 0.00990. The Morgan fingerprint density at radius 1 is 1.23 bits per heavy atom. The molecule has 0 fully saturated rings. The van der Waals surface area contributed by atoms with Crippen LogP contribution in [0.2, 0.25) is 5.02 Å². The quantitative estimate of drug-likeness (QED) is 0.299. The summed E-state index contributed by atoms with van der Waals surface area (Å²) in [5.41, 5.74) is 0.875. The average molecular weight is 465 g/mol. The highest BCUT2D eigenvalue weighted by Gasteiger charge is 2.24. The van der Waals surface area contributed by atoms with Gasteiger partial charge in [-0.15, -0.1) is 0 Å². The van der Waals surface area contributed by atoms with Gasteiger partial charge in [-0.2, -0.15) is 0 Å². The fourth-order valence-corrected chi connectivity index (χ4v) is 3.42. The summed E-state index contributed by atoms with van der Waals surface area (Å²) in [4.78, 5) is 45.3. The van der Waals surface area contributed by atoms with Gasteiger partial charge in [-0.05, 0) is 12.0 Å². The second kappa shape index (κ2) is 12.9. The van der Waals surface area contributed by atoms with E-state index in [1.54, 1.807) is 0 Å². The molecule has 1 aromatic heterocycles. The molecule has 1 aromatic carbocycles. The van der Waals surface area contributed by atoms with Crippen LogP contribution in [-0.2, 0) is 20.7 Å². The van der Waals surface area contributed by atoms with Gasteiger partial charge in [0.2, 0.25) is 5.91 Å². The van der Waals surface area contributed by atoms with E-state index in [9.17, 15) is 14.4 Å². The number of thioether (sulfide) groups is 1. The summed E-state index contributed by atoms with van der Waals surface area (Å²) < 4.78 is 4.57. The van der Waals surface area contributed by atoms with Crippen molar-refractivity contribution < 1.29 is 19.1 Å². The minimum atomic E-state index is -0.884. The molecular formula is C21H25ClN4O4S. The summed E-state index contributed by atoms with van der Waals surface area (Å²) in [6, 6.07) is 8.40. The van der Waals surface area contributed by atoms with Crippen LogP contribution in [0.3, 0.4) is 0 Å². The number of rotatable bonds is 11. The van der Waals surface area contributed by atoms with Crippen LogP contribution in [-0.4, -0.2) is 53.2 Å². The zero-order chi connectivity index (χ0) is 22.6. The number of nitrogens with one attached hydrogen (secondary N) is 2. The maximum atomic E-state index is 12.9. The molecule has 1 unspecified atom stereocenters. The van der Waals surface area contributed by atoms with Gasteiger partial charge >= 0.3 is 5.97 Å². The van der Waals surface area contributed by atoms with Gasteiger partial charge in [0.15, 0.2) is 10.9 Å². The van der Waals surface area contributed by atoms with Crippen LogP contribution in [0.1, 0.15) is 35.8 Å². The highest BCUT2D eigenvalue weighted by Crippen LogP contribution is 2.19. The lowest BCUT2D eigenvalue weighted by Gasteiger charge is -2.19. The lowest BCUT2D eigenvalue weighted by molar-refractivity contribution is -0.140. The van der Waals surface area contributed by atoms with Gasteiger partial charge in [0, 0.05) is 18.7 Å². The highest BCUT2D eigenvalue weighted by molar-refractivity contribution is 7.99. The van der Waals surface area contributed by atoms with Gasteiger partial charge in [-0.3, -0.25) is 14.4 Å². The number of esters is 1. The number of halogens is 1. The van der Waals surface area contributed by atoms with Crippen molar-refractivity contribution in [1.82, 2.24) is 20.6 Å². The van der Waals surface area contributed by atoms with E-state index in [0.29, 0.717) is 5.16 Å². The number of nitrogens with zero attached hydrogens (tertiary/aromatic N) is 2. The van der Waals surface area contributed by atoms with E-state index in [4.69, 9.17) is 11.6 Å². The molecular weight excluding hydrogens is 440 g/mol.